The third kappa shape index (κ3) is 4.60. The van der Waals surface area contributed by atoms with E-state index < -0.39 is 0 Å². The largest absolute Gasteiger partial charge is 0.356 e. The van der Waals surface area contributed by atoms with Gasteiger partial charge in [0.05, 0.1) is 0 Å². The average molecular weight is 362 g/mol. The molecule has 25 heavy (non-hydrogen) atoms. The van der Waals surface area contributed by atoms with Crippen LogP contribution in [0.3, 0.4) is 0 Å². The number of amides is 1. The molecule has 0 radical (unpaired) electrons. The molecule has 0 bridgehead atoms. The molecule has 0 spiro atoms. The zero-order valence-electron chi connectivity index (χ0n) is 14.4. The minimum absolute atomic E-state index is 0.116. The summed E-state index contributed by atoms with van der Waals surface area (Å²) in [5, 5.41) is 12.2. The maximum Gasteiger partial charge on any atom is 0.220 e. The number of thioether (sulfide) groups is 1. The van der Waals surface area contributed by atoms with Gasteiger partial charge in [-0.1, -0.05) is 24.6 Å². The summed E-state index contributed by atoms with van der Waals surface area (Å²) in [6.07, 6.45) is 7.97. The number of nitrogens with zero attached hydrogens (tertiary/aromatic N) is 3. The van der Waals surface area contributed by atoms with Crippen LogP contribution in [0, 0.1) is 11.7 Å². The zero-order chi connectivity index (χ0) is 17.6. The Bertz CT molecular complexity index is 710. The number of aromatic nitrogens is 3. The van der Waals surface area contributed by atoms with Gasteiger partial charge in [0.2, 0.25) is 5.91 Å². The first-order valence-electron chi connectivity index (χ1n) is 8.68. The molecule has 0 aliphatic heterocycles. The topological polar surface area (TPSA) is 59.8 Å². The molecule has 1 saturated carbocycles. The average Bonchev–Trinajstić information content (AvgIpc) is 3.25. The van der Waals surface area contributed by atoms with Crippen molar-refractivity contribution in [3.63, 3.8) is 0 Å². The van der Waals surface area contributed by atoms with Gasteiger partial charge in [0, 0.05) is 25.1 Å². The van der Waals surface area contributed by atoms with Crippen LogP contribution in [-0.4, -0.2) is 33.5 Å². The second-order valence-corrected chi connectivity index (χ2v) is 7.14. The molecule has 2 aromatic rings. The molecule has 1 aromatic heterocycles. The Kier molecular flexibility index (Phi) is 6.07. The zero-order valence-corrected chi connectivity index (χ0v) is 15.2. The monoisotopic (exact) mass is 362 g/mol. The molecule has 1 aromatic carbocycles. The lowest BCUT2D eigenvalue weighted by Gasteiger charge is -2.11. The van der Waals surface area contributed by atoms with Gasteiger partial charge >= 0.3 is 0 Å². The summed E-state index contributed by atoms with van der Waals surface area (Å²) in [6.45, 7) is 0.527. The van der Waals surface area contributed by atoms with Gasteiger partial charge in [0.1, 0.15) is 11.6 Å². The molecule has 1 aliphatic rings. The standard InChI is InChI=1S/C18H23FN4OS/c1-25-18-22-21-16(23(18)15-8-6-14(19)7-9-15)10-11-20-17(24)12-13-4-2-3-5-13/h6-9,13H,2-5,10-12H2,1H3,(H,20,24). The van der Waals surface area contributed by atoms with E-state index >= 15 is 0 Å². The Morgan fingerprint density at radius 2 is 2.00 bits per heavy atom. The maximum absolute atomic E-state index is 13.2. The summed E-state index contributed by atoms with van der Waals surface area (Å²) in [5.41, 5.74) is 0.822. The fraction of sp³-hybridized carbons (Fsp3) is 0.500. The van der Waals surface area contributed by atoms with Crippen LogP contribution in [0.2, 0.25) is 0 Å². The number of halogens is 1. The molecule has 1 amide bonds. The lowest BCUT2D eigenvalue weighted by Crippen LogP contribution is -2.27. The third-order valence-electron chi connectivity index (χ3n) is 4.59. The van der Waals surface area contributed by atoms with Crippen LogP contribution in [-0.2, 0) is 11.2 Å². The number of benzene rings is 1. The van der Waals surface area contributed by atoms with Crippen molar-refractivity contribution in [1.29, 1.82) is 0 Å². The van der Waals surface area contributed by atoms with Crippen LogP contribution >= 0.6 is 11.8 Å². The van der Waals surface area contributed by atoms with Gasteiger partial charge in [-0.05, 0) is 49.3 Å². The van der Waals surface area contributed by atoms with Crippen molar-refractivity contribution < 1.29 is 9.18 Å². The lowest BCUT2D eigenvalue weighted by atomic mass is 10.0. The van der Waals surface area contributed by atoms with Crippen molar-refractivity contribution in [2.24, 2.45) is 5.92 Å². The molecule has 3 rings (SSSR count). The summed E-state index contributed by atoms with van der Waals surface area (Å²) < 4.78 is 15.1. The number of nitrogens with one attached hydrogen (secondary N) is 1. The van der Waals surface area contributed by atoms with Crippen molar-refractivity contribution in [2.75, 3.05) is 12.8 Å². The highest BCUT2D eigenvalue weighted by Crippen LogP contribution is 2.27. The molecule has 0 unspecified atom stereocenters. The van der Waals surface area contributed by atoms with E-state index in [0.717, 1.165) is 16.7 Å². The van der Waals surface area contributed by atoms with Gasteiger partial charge in [-0.3, -0.25) is 9.36 Å². The fourth-order valence-electron chi connectivity index (χ4n) is 3.31. The predicted molar refractivity (Wildman–Crippen MR) is 96.4 cm³/mol. The van der Waals surface area contributed by atoms with Gasteiger partial charge in [0.15, 0.2) is 5.16 Å². The van der Waals surface area contributed by atoms with E-state index in [1.54, 1.807) is 12.1 Å². The molecule has 134 valence electrons. The molecule has 1 fully saturated rings. The quantitative estimate of drug-likeness (QED) is 0.767. The van der Waals surface area contributed by atoms with Crippen molar-refractivity contribution in [3.05, 3.63) is 35.9 Å². The number of rotatable bonds is 7. The summed E-state index contributed by atoms with van der Waals surface area (Å²) in [4.78, 5) is 12.0. The normalized spacial score (nSPS) is 14.8. The van der Waals surface area contributed by atoms with E-state index in [0.29, 0.717) is 25.3 Å². The molecule has 5 nitrogen and oxygen atoms in total. The van der Waals surface area contributed by atoms with E-state index in [2.05, 4.69) is 15.5 Å². The van der Waals surface area contributed by atoms with E-state index in [1.807, 2.05) is 10.8 Å². The highest BCUT2D eigenvalue weighted by Gasteiger charge is 2.18. The number of hydrogen-bond donors (Lipinski definition) is 1. The summed E-state index contributed by atoms with van der Waals surface area (Å²) in [7, 11) is 0. The smallest absolute Gasteiger partial charge is 0.220 e. The maximum atomic E-state index is 13.2. The molecule has 0 saturated heterocycles. The number of hydrogen-bond acceptors (Lipinski definition) is 4. The first-order valence-corrected chi connectivity index (χ1v) is 9.91. The summed E-state index contributed by atoms with van der Waals surface area (Å²) in [6, 6.07) is 6.26. The molecule has 7 heteroatoms. The summed E-state index contributed by atoms with van der Waals surface area (Å²) in [5.74, 6) is 1.15. The Labute approximate surface area is 151 Å². The third-order valence-corrected chi connectivity index (χ3v) is 5.22. The van der Waals surface area contributed by atoms with Crippen LogP contribution in [0.1, 0.15) is 37.9 Å². The Balaban J connectivity index is 1.61. The lowest BCUT2D eigenvalue weighted by molar-refractivity contribution is -0.121. The van der Waals surface area contributed by atoms with Crippen LogP contribution in [0.4, 0.5) is 4.39 Å². The first kappa shape index (κ1) is 17.9. The van der Waals surface area contributed by atoms with Crippen LogP contribution < -0.4 is 5.32 Å². The van der Waals surface area contributed by atoms with Crippen LogP contribution in [0.15, 0.2) is 29.4 Å². The van der Waals surface area contributed by atoms with Gasteiger partial charge in [-0.15, -0.1) is 10.2 Å². The SMILES string of the molecule is CSc1nnc(CCNC(=O)CC2CCCC2)n1-c1ccc(F)cc1. The molecule has 1 N–H and O–H groups in total. The van der Waals surface area contributed by atoms with Gasteiger partial charge in [0.25, 0.3) is 0 Å². The Morgan fingerprint density at radius 1 is 1.28 bits per heavy atom. The van der Waals surface area contributed by atoms with Crippen molar-refractivity contribution in [3.8, 4) is 5.69 Å². The van der Waals surface area contributed by atoms with E-state index in [1.165, 1.54) is 49.6 Å². The minimum atomic E-state index is -0.275. The second-order valence-electron chi connectivity index (χ2n) is 6.37. The second kappa shape index (κ2) is 8.47. The molecule has 1 heterocycles. The molecular weight excluding hydrogens is 339 g/mol. The Hall–Kier alpha value is -1.89. The minimum Gasteiger partial charge on any atom is -0.356 e. The highest BCUT2D eigenvalue weighted by molar-refractivity contribution is 7.98. The van der Waals surface area contributed by atoms with Crippen molar-refractivity contribution in [1.82, 2.24) is 20.1 Å². The predicted octanol–water partition coefficient (Wildman–Crippen LogP) is 3.37. The van der Waals surface area contributed by atoms with Crippen molar-refractivity contribution in [2.45, 2.75) is 43.7 Å². The van der Waals surface area contributed by atoms with Gasteiger partial charge in [-0.2, -0.15) is 0 Å². The molecule has 0 atom stereocenters. The van der Waals surface area contributed by atoms with E-state index in [4.69, 9.17) is 0 Å². The van der Waals surface area contributed by atoms with Crippen LogP contribution in [0.5, 0.6) is 0 Å². The number of carbonyl (C=O) groups excluding carboxylic acids is 1. The number of carbonyl (C=O) groups is 1. The molecule has 1 aliphatic carbocycles. The fourth-order valence-corrected chi connectivity index (χ4v) is 3.82. The van der Waals surface area contributed by atoms with Gasteiger partial charge < -0.3 is 5.32 Å². The van der Waals surface area contributed by atoms with Crippen molar-refractivity contribution >= 4 is 17.7 Å². The van der Waals surface area contributed by atoms with E-state index in [-0.39, 0.29) is 11.7 Å². The molecular formula is C18H23FN4OS. The Morgan fingerprint density at radius 3 is 2.68 bits per heavy atom. The van der Waals surface area contributed by atoms with Gasteiger partial charge in [-0.25, -0.2) is 4.39 Å². The van der Waals surface area contributed by atoms with Crippen LogP contribution in [0.25, 0.3) is 5.69 Å². The van der Waals surface area contributed by atoms with E-state index in [9.17, 15) is 9.18 Å². The highest BCUT2D eigenvalue weighted by atomic mass is 32.2. The first-order chi connectivity index (χ1) is 12.2. The summed E-state index contributed by atoms with van der Waals surface area (Å²) >= 11 is 1.48.